The number of carbonyl (C=O) groups excluding carboxylic acids is 1. The molecule has 0 spiro atoms. The zero-order valence-corrected chi connectivity index (χ0v) is 8.98. The molecule has 84 valence electrons. The molecular weight excluding hydrogens is 232 g/mol. The molecule has 1 N–H and O–H groups in total. The molecule has 0 aliphatic heterocycles. The van der Waals surface area contributed by atoms with E-state index in [-0.39, 0.29) is 5.75 Å². The summed E-state index contributed by atoms with van der Waals surface area (Å²) in [5.74, 6) is -0.804. The van der Waals surface area contributed by atoms with Crippen molar-refractivity contribution in [3.05, 3.63) is 34.9 Å². The number of carboxylic acids is 1. The monoisotopic (exact) mass is 240 g/mol. The fraction of sp³-hybridized carbons (Fsp3) is 0.0909. The van der Waals surface area contributed by atoms with Crippen molar-refractivity contribution < 1.29 is 19.4 Å². The van der Waals surface area contributed by atoms with Crippen molar-refractivity contribution in [2.75, 3.05) is 6.61 Å². The molecule has 0 unspecified atom stereocenters. The maximum absolute atomic E-state index is 10.3. The number of hydrogen-bond donors (Lipinski definition) is 1. The molecule has 0 aliphatic rings. The number of benzene rings is 1. The van der Waals surface area contributed by atoms with Crippen LogP contribution in [0.1, 0.15) is 5.56 Å². The number of rotatable bonds is 5. The standard InChI is InChI=1S/C11H9ClO4/c12-9-4-3-8(2-1-5-13)6-10(9)16-7-11(14)15/h1-6H,7H2,(H,14,15). The summed E-state index contributed by atoms with van der Waals surface area (Å²) in [6.45, 7) is -0.458. The van der Waals surface area contributed by atoms with Crippen LogP contribution in [0.4, 0.5) is 0 Å². The van der Waals surface area contributed by atoms with E-state index in [4.69, 9.17) is 21.4 Å². The van der Waals surface area contributed by atoms with Gasteiger partial charge in [-0.05, 0) is 23.8 Å². The Morgan fingerprint density at radius 2 is 2.25 bits per heavy atom. The fourth-order valence-electron chi connectivity index (χ4n) is 1.02. The third-order valence-corrected chi connectivity index (χ3v) is 1.99. The number of hydrogen-bond acceptors (Lipinski definition) is 3. The molecule has 1 rings (SSSR count). The van der Waals surface area contributed by atoms with E-state index in [0.29, 0.717) is 16.9 Å². The SMILES string of the molecule is O=CC=Cc1ccc(Cl)c(OCC(=O)O)c1. The minimum absolute atomic E-state index is 0.275. The molecule has 0 aliphatic carbocycles. The number of halogens is 1. The molecule has 0 saturated heterocycles. The average molecular weight is 241 g/mol. The quantitative estimate of drug-likeness (QED) is 0.632. The van der Waals surface area contributed by atoms with Crippen molar-refractivity contribution in [1.82, 2.24) is 0 Å². The molecule has 0 radical (unpaired) electrons. The van der Waals surface area contributed by atoms with E-state index < -0.39 is 12.6 Å². The molecule has 0 heterocycles. The first-order chi connectivity index (χ1) is 7.63. The minimum atomic E-state index is -1.08. The Hall–Kier alpha value is -1.81. The Labute approximate surface area is 97.1 Å². The predicted molar refractivity (Wildman–Crippen MR) is 59.7 cm³/mol. The minimum Gasteiger partial charge on any atom is -0.480 e. The fourth-order valence-corrected chi connectivity index (χ4v) is 1.20. The van der Waals surface area contributed by atoms with Gasteiger partial charge in [-0.2, -0.15) is 0 Å². The lowest BCUT2D eigenvalue weighted by Gasteiger charge is -2.06. The highest BCUT2D eigenvalue weighted by atomic mass is 35.5. The zero-order chi connectivity index (χ0) is 12.0. The van der Waals surface area contributed by atoms with Crippen LogP contribution in [0.3, 0.4) is 0 Å². The molecule has 0 fully saturated rings. The third kappa shape index (κ3) is 3.74. The normalized spacial score (nSPS) is 10.3. The van der Waals surface area contributed by atoms with Crippen LogP contribution < -0.4 is 4.74 Å². The van der Waals surface area contributed by atoms with E-state index in [0.717, 1.165) is 0 Å². The molecular formula is C11H9ClO4. The van der Waals surface area contributed by atoms with Crippen molar-refractivity contribution in [2.24, 2.45) is 0 Å². The van der Waals surface area contributed by atoms with Crippen LogP contribution in [0.15, 0.2) is 24.3 Å². The average Bonchev–Trinajstić information content (AvgIpc) is 2.26. The Morgan fingerprint density at radius 1 is 1.50 bits per heavy atom. The smallest absolute Gasteiger partial charge is 0.341 e. The summed E-state index contributed by atoms with van der Waals surface area (Å²) >= 11 is 5.80. The van der Waals surface area contributed by atoms with Crippen LogP contribution in [0, 0.1) is 0 Å². The van der Waals surface area contributed by atoms with Crippen molar-refractivity contribution in [3.8, 4) is 5.75 Å². The van der Waals surface area contributed by atoms with Crippen LogP contribution in [0.25, 0.3) is 6.08 Å². The molecule has 0 atom stereocenters. The summed E-state index contributed by atoms with van der Waals surface area (Å²) in [5, 5.41) is 8.77. The van der Waals surface area contributed by atoms with Gasteiger partial charge < -0.3 is 9.84 Å². The van der Waals surface area contributed by atoms with E-state index >= 15 is 0 Å². The molecule has 0 saturated carbocycles. The van der Waals surface area contributed by atoms with Crippen molar-refractivity contribution in [3.63, 3.8) is 0 Å². The number of carboxylic acid groups (broad SMARTS) is 1. The largest absolute Gasteiger partial charge is 0.480 e. The number of aldehydes is 1. The lowest BCUT2D eigenvalue weighted by molar-refractivity contribution is -0.139. The lowest BCUT2D eigenvalue weighted by atomic mass is 10.2. The third-order valence-electron chi connectivity index (χ3n) is 1.67. The Balaban J connectivity index is 2.85. The zero-order valence-electron chi connectivity index (χ0n) is 8.22. The molecule has 4 nitrogen and oxygen atoms in total. The molecule has 0 aromatic heterocycles. The van der Waals surface area contributed by atoms with Gasteiger partial charge in [-0.25, -0.2) is 4.79 Å². The summed E-state index contributed by atoms with van der Waals surface area (Å²) in [6, 6.07) is 4.82. The van der Waals surface area contributed by atoms with E-state index in [1.807, 2.05) is 0 Å². The van der Waals surface area contributed by atoms with Gasteiger partial charge in [-0.1, -0.05) is 23.7 Å². The highest BCUT2D eigenvalue weighted by Crippen LogP contribution is 2.25. The van der Waals surface area contributed by atoms with Gasteiger partial charge in [0.05, 0.1) is 5.02 Å². The van der Waals surface area contributed by atoms with Gasteiger partial charge in [-0.3, -0.25) is 4.79 Å². The first kappa shape index (κ1) is 12.3. The first-order valence-corrected chi connectivity index (χ1v) is 4.77. The second kappa shape index (κ2) is 5.92. The Morgan fingerprint density at radius 3 is 2.88 bits per heavy atom. The number of ether oxygens (including phenoxy) is 1. The van der Waals surface area contributed by atoms with Gasteiger partial charge in [0.25, 0.3) is 0 Å². The second-order valence-electron chi connectivity index (χ2n) is 2.87. The topological polar surface area (TPSA) is 63.6 Å². The van der Waals surface area contributed by atoms with Gasteiger partial charge in [0, 0.05) is 0 Å². The Bertz CT molecular complexity index is 426. The maximum atomic E-state index is 10.3. The molecule has 0 amide bonds. The highest BCUT2D eigenvalue weighted by molar-refractivity contribution is 6.32. The van der Waals surface area contributed by atoms with Crippen LogP contribution in [-0.2, 0) is 9.59 Å². The van der Waals surface area contributed by atoms with Crippen molar-refractivity contribution in [1.29, 1.82) is 0 Å². The maximum Gasteiger partial charge on any atom is 0.341 e. The highest BCUT2D eigenvalue weighted by Gasteiger charge is 2.04. The van der Waals surface area contributed by atoms with E-state index in [1.54, 1.807) is 24.3 Å². The summed E-state index contributed by atoms with van der Waals surface area (Å²) in [5.41, 5.74) is 0.705. The summed E-state index contributed by atoms with van der Waals surface area (Å²) in [6.07, 6.45) is 3.54. The molecule has 1 aromatic rings. The van der Waals surface area contributed by atoms with Gasteiger partial charge >= 0.3 is 5.97 Å². The predicted octanol–water partition coefficient (Wildman–Crippen LogP) is 2.02. The van der Waals surface area contributed by atoms with Crippen LogP contribution in [0.5, 0.6) is 5.75 Å². The van der Waals surface area contributed by atoms with Gasteiger partial charge in [0.2, 0.25) is 0 Å². The summed E-state index contributed by atoms with van der Waals surface area (Å²) < 4.78 is 4.97. The summed E-state index contributed by atoms with van der Waals surface area (Å²) in [4.78, 5) is 20.4. The van der Waals surface area contributed by atoms with Crippen LogP contribution in [-0.4, -0.2) is 24.0 Å². The van der Waals surface area contributed by atoms with Gasteiger partial charge in [0.1, 0.15) is 12.0 Å². The van der Waals surface area contributed by atoms with Gasteiger partial charge in [-0.15, -0.1) is 0 Å². The van der Waals surface area contributed by atoms with E-state index in [1.165, 1.54) is 6.08 Å². The molecule has 0 bridgehead atoms. The number of carbonyl (C=O) groups is 2. The Kier molecular flexibility index (Phi) is 4.54. The molecule has 16 heavy (non-hydrogen) atoms. The molecule has 5 heteroatoms. The number of allylic oxidation sites excluding steroid dienone is 1. The lowest BCUT2D eigenvalue weighted by Crippen LogP contribution is -2.09. The van der Waals surface area contributed by atoms with Crippen molar-refractivity contribution >= 4 is 29.9 Å². The van der Waals surface area contributed by atoms with Crippen molar-refractivity contribution in [2.45, 2.75) is 0 Å². The summed E-state index contributed by atoms with van der Waals surface area (Å²) in [7, 11) is 0. The number of aliphatic carboxylic acids is 1. The van der Waals surface area contributed by atoms with Gasteiger partial charge in [0.15, 0.2) is 6.61 Å². The molecule has 1 aromatic carbocycles. The van der Waals surface area contributed by atoms with E-state index in [9.17, 15) is 9.59 Å². The van der Waals surface area contributed by atoms with E-state index in [2.05, 4.69) is 0 Å². The van der Waals surface area contributed by atoms with Crippen LogP contribution in [0.2, 0.25) is 5.02 Å². The first-order valence-electron chi connectivity index (χ1n) is 4.39. The second-order valence-corrected chi connectivity index (χ2v) is 3.27. The van der Waals surface area contributed by atoms with Crippen LogP contribution >= 0.6 is 11.6 Å².